The van der Waals surface area contributed by atoms with E-state index in [9.17, 15) is 0 Å². The summed E-state index contributed by atoms with van der Waals surface area (Å²) in [6.45, 7) is 18.1. The molecule has 69 heavy (non-hydrogen) atoms. The van der Waals surface area contributed by atoms with E-state index in [0.29, 0.717) is 51.9 Å². The molecule has 2 aromatic carbocycles. The molecule has 0 amide bonds. The Kier molecular flexibility index (Phi) is 13.3. The highest BCUT2D eigenvalue weighted by Gasteiger charge is 2.48. The molecule has 0 saturated carbocycles. The van der Waals surface area contributed by atoms with E-state index in [1.54, 1.807) is 26.8 Å². The second-order valence-corrected chi connectivity index (χ2v) is 21.1. The highest BCUT2D eigenvalue weighted by molar-refractivity contribution is 5.62. The third-order valence-corrected chi connectivity index (χ3v) is 15.7. The first kappa shape index (κ1) is 49.5. The normalized spacial score (nSPS) is 26.1. The number of nitrogens with zero attached hydrogens (tertiary/aromatic N) is 2. The van der Waals surface area contributed by atoms with Crippen molar-refractivity contribution >= 4 is 0 Å². The zero-order chi connectivity index (χ0) is 49.4. The van der Waals surface area contributed by atoms with Gasteiger partial charge in [-0.3, -0.25) is 0 Å². The standard InChI is InChI=1S/C53H61F7N2O7/c1-9-50(4,5)35-18-36(54)39(42(56)41(35)55)48-61-62-49(68-48)40-43(57)45(59)47(46(60)44(40)58)67-29-14-12-28(19-53(20-29,21-31-24-64-31)22-32-25-65-32)51(6,7)27-13-15-37(69-52(8,10-2)11-3)33(16-27)34(38-26-66-38)17-30-23-63-30/h13,15,18-20,30-34,38H,9-12,14,16-17,21-26H2,1-8H3. The van der Waals surface area contributed by atoms with Crippen molar-refractivity contribution in [1.29, 1.82) is 0 Å². The molecule has 3 aromatic rings. The number of allylic oxidation sites excluding steroid dienone is 8. The Hall–Kier alpha value is -4.51. The van der Waals surface area contributed by atoms with Gasteiger partial charge >= 0.3 is 0 Å². The Morgan fingerprint density at radius 2 is 1.26 bits per heavy atom. The maximum absolute atomic E-state index is 16.2. The molecule has 0 spiro atoms. The maximum Gasteiger partial charge on any atom is 0.254 e. The van der Waals surface area contributed by atoms with Crippen molar-refractivity contribution in [3.8, 4) is 28.7 Å². The van der Waals surface area contributed by atoms with Gasteiger partial charge in [-0.2, -0.15) is 8.78 Å². The molecule has 9 rings (SSSR count). The van der Waals surface area contributed by atoms with Gasteiger partial charge in [-0.15, -0.1) is 10.2 Å². The Balaban J connectivity index is 1.03. The lowest BCUT2D eigenvalue weighted by molar-refractivity contribution is -0.0140. The van der Waals surface area contributed by atoms with Gasteiger partial charge in [0.2, 0.25) is 17.4 Å². The van der Waals surface area contributed by atoms with Crippen LogP contribution in [0.5, 0.6) is 5.75 Å². The van der Waals surface area contributed by atoms with Gasteiger partial charge in [-0.25, -0.2) is 22.0 Å². The van der Waals surface area contributed by atoms with Crippen LogP contribution < -0.4 is 4.74 Å². The van der Waals surface area contributed by atoms with Crippen LogP contribution in [0, 0.1) is 63.4 Å². The molecule has 9 nitrogen and oxygen atoms in total. The van der Waals surface area contributed by atoms with Crippen LogP contribution in [-0.4, -0.2) is 66.6 Å². The monoisotopic (exact) mass is 970 g/mol. The molecule has 4 aliphatic heterocycles. The second kappa shape index (κ2) is 18.6. The highest BCUT2D eigenvalue weighted by atomic mass is 19.2. The number of aromatic nitrogens is 2. The zero-order valence-corrected chi connectivity index (χ0v) is 40.4. The first-order valence-corrected chi connectivity index (χ1v) is 24.3. The quantitative estimate of drug-likeness (QED) is 0.0473. The first-order valence-electron chi connectivity index (χ1n) is 24.3. The van der Waals surface area contributed by atoms with Gasteiger partial charge < -0.3 is 32.8 Å². The van der Waals surface area contributed by atoms with Gasteiger partial charge in [-0.1, -0.05) is 71.8 Å². The molecule has 6 unspecified atom stereocenters. The number of hydrogen-bond acceptors (Lipinski definition) is 9. The summed E-state index contributed by atoms with van der Waals surface area (Å²) in [5.74, 6) is -14.4. The summed E-state index contributed by atoms with van der Waals surface area (Å²) in [5, 5.41) is 6.92. The molecule has 0 radical (unpaired) electrons. The smallest absolute Gasteiger partial charge is 0.254 e. The molecule has 0 N–H and O–H groups in total. The Morgan fingerprint density at radius 1 is 0.681 bits per heavy atom. The predicted molar refractivity (Wildman–Crippen MR) is 241 cm³/mol. The largest absolute Gasteiger partial charge is 0.492 e. The third kappa shape index (κ3) is 10.1. The minimum atomic E-state index is -1.96. The number of halogens is 7. The Morgan fingerprint density at radius 3 is 1.81 bits per heavy atom. The van der Waals surface area contributed by atoms with E-state index in [1.165, 1.54) is 5.57 Å². The molecule has 1 aromatic heterocycles. The van der Waals surface area contributed by atoms with Crippen molar-refractivity contribution < 1.29 is 63.6 Å². The Labute approximate surface area is 398 Å². The van der Waals surface area contributed by atoms with Crippen LogP contribution >= 0.6 is 0 Å². The number of benzene rings is 2. The average Bonchev–Trinajstić information content (AvgIpc) is 4.07. The lowest BCUT2D eigenvalue weighted by Crippen LogP contribution is -2.35. The highest BCUT2D eigenvalue weighted by Crippen LogP contribution is 2.53. The first-order chi connectivity index (χ1) is 32.7. The van der Waals surface area contributed by atoms with E-state index in [0.717, 1.165) is 43.3 Å². The van der Waals surface area contributed by atoms with Crippen molar-refractivity contribution in [1.82, 2.24) is 10.2 Å². The van der Waals surface area contributed by atoms with Crippen LogP contribution in [0.15, 0.2) is 57.5 Å². The summed E-state index contributed by atoms with van der Waals surface area (Å²) >= 11 is 0. The van der Waals surface area contributed by atoms with E-state index in [-0.39, 0.29) is 59.6 Å². The van der Waals surface area contributed by atoms with Gasteiger partial charge in [0.25, 0.3) is 11.8 Å². The molecule has 2 aliphatic carbocycles. The van der Waals surface area contributed by atoms with E-state index in [1.807, 2.05) is 0 Å². The average molecular weight is 971 g/mol. The van der Waals surface area contributed by atoms with Gasteiger partial charge in [0.05, 0.1) is 50.8 Å². The van der Waals surface area contributed by atoms with E-state index >= 15 is 30.7 Å². The summed E-state index contributed by atoms with van der Waals surface area (Å²) in [6.07, 6.45) is 13.3. The maximum atomic E-state index is 16.2. The number of hydrogen-bond donors (Lipinski definition) is 0. The van der Waals surface area contributed by atoms with Crippen molar-refractivity contribution in [2.75, 3.05) is 26.4 Å². The van der Waals surface area contributed by atoms with Crippen LogP contribution in [0.25, 0.3) is 22.9 Å². The van der Waals surface area contributed by atoms with E-state index in [4.69, 9.17) is 32.8 Å². The number of epoxide rings is 4. The minimum absolute atomic E-state index is 0.0267. The molecule has 6 atom stereocenters. The van der Waals surface area contributed by atoms with Crippen molar-refractivity contribution in [2.45, 2.75) is 149 Å². The number of ether oxygens (including phenoxy) is 6. The topological polar surface area (TPSA) is 108 Å². The van der Waals surface area contributed by atoms with Crippen LogP contribution in [0.2, 0.25) is 0 Å². The van der Waals surface area contributed by atoms with Gasteiger partial charge in [0.1, 0.15) is 34.1 Å². The SMILES string of the molecule is CCC(C)(CC)OC1=CC=C(C(C)(C)C2=CC(CC3CO3)(CC3CO3)C=C(Oc3c(F)c(F)c(-c4nnc(-c5c(F)cc(C(C)(C)CC)c(F)c5F)o4)c(F)c3F)CC2)CC1C(CC1CO1)C1CO1. The molecule has 6 aliphatic rings. The summed E-state index contributed by atoms with van der Waals surface area (Å²) in [6, 6.07) is 0.771. The third-order valence-electron chi connectivity index (χ3n) is 15.7. The minimum Gasteiger partial charge on any atom is -0.492 e. The molecular weight excluding hydrogens is 910 g/mol. The van der Waals surface area contributed by atoms with E-state index < -0.39 is 85.6 Å². The van der Waals surface area contributed by atoms with Gasteiger partial charge in [0.15, 0.2) is 23.3 Å². The summed E-state index contributed by atoms with van der Waals surface area (Å²) in [5.41, 5.74) is -3.28. The fourth-order valence-electron chi connectivity index (χ4n) is 10.1. The van der Waals surface area contributed by atoms with Crippen LogP contribution in [0.3, 0.4) is 0 Å². The van der Waals surface area contributed by atoms with Crippen LogP contribution in [0.1, 0.15) is 119 Å². The molecule has 4 saturated heterocycles. The molecule has 5 heterocycles. The van der Waals surface area contributed by atoms with Crippen LogP contribution in [0.4, 0.5) is 30.7 Å². The van der Waals surface area contributed by atoms with Crippen molar-refractivity contribution in [3.05, 3.63) is 99.3 Å². The Bertz CT molecular complexity index is 2560. The van der Waals surface area contributed by atoms with Crippen molar-refractivity contribution in [3.63, 3.8) is 0 Å². The summed E-state index contributed by atoms with van der Waals surface area (Å²) < 4.78 is 152. The fourth-order valence-corrected chi connectivity index (χ4v) is 10.1. The van der Waals surface area contributed by atoms with Gasteiger partial charge in [-0.05, 0) is 87.5 Å². The van der Waals surface area contributed by atoms with Gasteiger partial charge in [0, 0.05) is 29.1 Å². The molecular formula is C53H61F7N2O7. The summed E-state index contributed by atoms with van der Waals surface area (Å²) in [4.78, 5) is 0. The molecule has 374 valence electrons. The molecule has 0 bridgehead atoms. The van der Waals surface area contributed by atoms with Crippen LogP contribution in [-0.2, 0) is 29.1 Å². The predicted octanol–water partition coefficient (Wildman–Crippen LogP) is 12.9. The fraction of sp³-hybridized carbons (Fsp3) is 0.585. The lowest BCUT2D eigenvalue weighted by Gasteiger charge is -2.41. The zero-order valence-electron chi connectivity index (χ0n) is 40.4. The number of rotatable bonds is 20. The summed E-state index contributed by atoms with van der Waals surface area (Å²) in [7, 11) is 0. The second-order valence-electron chi connectivity index (χ2n) is 21.1. The van der Waals surface area contributed by atoms with E-state index in [2.05, 4.69) is 63.0 Å². The molecule has 16 heteroatoms. The van der Waals surface area contributed by atoms with Crippen molar-refractivity contribution in [2.24, 2.45) is 22.7 Å². The lowest BCUT2D eigenvalue weighted by atomic mass is 9.66. The molecule has 4 fully saturated rings.